The number of alkyl carbamates (subject to hydrolysis) is 1. The second kappa shape index (κ2) is 13.2. The van der Waals surface area contributed by atoms with Gasteiger partial charge in [0.25, 0.3) is 11.8 Å². The Hall–Kier alpha value is -4.25. The first-order chi connectivity index (χ1) is 20.3. The van der Waals surface area contributed by atoms with E-state index in [0.717, 1.165) is 16.2 Å². The van der Waals surface area contributed by atoms with Crippen LogP contribution in [0.5, 0.6) is 0 Å². The molecular formula is C27H40N8O8S. The van der Waals surface area contributed by atoms with Crippen LogP contribution in [0.25, 0.3) is 0 Å². The Kier molecular flexibility index (Phi) is 10.3. The molecule has 1 saturated heterocycles. The molecule has 6 amide bonds. The van der Waals surface area contributed by atoms with Crippen LogP contribution in [0.1, 0.15) is 74.0 Å². The molecule has 17 heteroatoms. The molecule has 2 aliphatic heterocycles. The summed E-state index contributed by atoms with van der Waals surface area (Å²) in [5.74, 6) is -1.59. The molecule has 0 aliphatic carbocycles. The third-order valence-corrected chi connectivity index (χ3v) is 7.14. The van der Waals surface area contributed by atoms with E-state index in [9.17, 15) is 24.0 Å². The van der Waals surface area contributed by atoms with E-state index in [1.165, 1.54) is 20.9 Å². The third-order valence-electron chi connectivity index (χ3n) is 5.97. The van der Waals surface area contributed by atoms with Gasteiger partial charge in [0.15, 0.2) is 11.0 Å². The number of ether oxygens (including phenoxy) is 2. The van der Waals surface area contributed by atoms with Crippen molar-refractivity contribution in [3.05, 3.63) is 28.2 Å². The lowest BCUT2D eigenvalue weighted by molar-refractivity contribution is -0.133. The summed E-state index contributed by atoms with van der Waals surface area (Å²) in [6.45, 7) is 13.4. The van der Waals surface area contributed by atoms with Crippen LogP contribution >= 0.6 is 11.3 Å². The average Bonchev–Trinajstić information content (AvgIpc) is 3.44. The summed E-state index contributed by atoms with van der Waals surface area (Å²) in [5, 5.41) is 14.3. The highest BCUT2D eigenvalue weighted by Crippen LogP contribution is 2.46. The van der Waals surface area contributed by atoms with Crippen molar-refractivity contribution in [2.24, 2.45) is 0 Å². The zero-order valence-corrected chi connectivity index (χ0v) is 27.0. The third kappa shape index (κ3) is 8.02. The molecule has 0 aromatic carbocycles. The number of hydrogen-bond donors (Lipinski definition) is 3. The Morgan fingerprint density at radius 1 is 1.14 bits per heavy atom. The van der Waals surface area contributed by atoms with Gasteiger partial charge in [-0.2, -0.15) is 5.06 Å². The maximum Gasteiger partial charge on any atom is 0.417 e. The molecule has 3 heterocycles. The monoisotopic (exact) mass is 636 g/mol. The van der Waals surface area contributed by atoms with Crippen LogP contribution in [-0.4, -0.2) is 112 Å². The zero-order chi connectivity index (χ0) is 33.1. The summed E-state index contributed by atoms with van der Waals surface area (Å²) in [6.07, 6.45) is -0.370. The zero-order valence-electron chi connectivity index (χ0n) is 26.2. The molecule has 1 aromatic rings. The van der Waals surface area contributed by atoms with Crippen molar-refractivity contribution < 1.29 is 38.3 Å². The van der Waals surface area contributed by atoms with E-state index in [1.807, 2.05) is 0 Å². The first-order valence-corrected chi connectivity index (χ1v) is 14.6. The Morgan fingerprint density at radius 3 is 2.34 bits per heavy atom. The minimum absolute atomic E-state index is 0.0298. The molecule has 242 valence electrons. The number of carbonyl (C=O) groups is 5. The maximum atomic E-state index is 13.2. The molecule has 2 bridgehead atoms. The standard InChI is InChI=1S/C27H40N8O8S/c1-10-13-41-35-15-14-34(24(35)39)17(21(37)32(8)9)16-18(15)44-20(30-16)19(36)29-11-12-33(25(40)43-27(5,6)7)22(28)31-23(38)42-26(2,3)4/h10,15,17H,1,11-14H2,2-9H3,(H,29,36)(H2,28,31,38)/t15-,17+/m0/s1. The molecule has 0 unspecified atom stereocenters. The Labute approximate surface area is 259 Å². The molecule has 3 rings (SSSR count). The fourth-order valence-corrected chi connectivity index (χ4v) is 5.32. The highest BCUT2D eigenvalue weighted by molar-refractivity contribution is 7.13. The van der Waals surface area contributed by atoms with Crippen molar-refractivity contribution in [1.29, 1.82) is 5.41 Å². The van der Waals surface area contributed by atoms with Crippen molar-refractivity contribution in [3.8, 4) is 0 Å². The highest BCUT2D eigenvalue weighted by Gasteiger charge is 2.53. The lowest BCUT2D eigenvalue weighted by Crippen LogP contribution is -2.51. The van der Waals surface area contributed by atoms with Crippen LogP contribution in [0.2, 0.25) is 0 Å². The van der Waals surface area contributed by atoms with Crippen molar-refractivity contribution in [3.63, 3.8) is 0 Å². The van der Waals surface area contributed by atoms with E-state index >= 15 is 0 Å². The van der Waals surface area contributed by atoms with Gasteiger partial charge in [-0.1, -0.05) is 6.08 Å². The highest BCUT2D eigenvalue weighted by atomic mass is 32.1. The van der Waals surface area contributed by atoms with Gasteiger partial charge in [0.1, 0.15) is 17.2 Å². The molecule has 0 spiro atoms. The Balaban J connectivity index is 1.78. The van der Waals surface area contributed by atoms with Gasteiger partial charge in [-0.25, -0.2) is 24.3 Å². The van der Waals surface area contributed by atoms with E-state index in [2.05, 4.69) is 22.2 Å². The van der Waals surface area contributed by atoms with E-state index in [4.69, 9.17) is 19.7 Å². The molecule has 1 aromatic heterocycles. The molecule has 2 atom stereocenters. The van der Waals surface area contributed by atoms with Gasteiger partial charge in [0.05, 0.1) is 23.7 Å². The smallest absolute Gasteiger partial charge is 0.417 e. The summed E-state index contributed by atoms with van der Waals surface area (Å²) in [6, 6.07) is -2.11. The summed E-state index contributed by atoms with van der Waals surface area (Å²) >= 11 is 1.03. The van der Waals surface area contributed by atoms with Crippen molar-refractivity contribution in [1.82, 2.24) is 35.4 Å². The van der Waals surface area contributed by atoms with E-state index in [-0.39, 0.29) is 42.8 Å². The molecule has 16 nitrogen and oxygen atoms in total. The van der Waals surface area contributed by atoms with Crippen LogP contribution in [-0.2, 0) is 19.1 Å². The largest absolute Gasteiger partial charge is 0.444 e. The summed E-state index contributed by atoms with van der Waals surface area (Å²) in [7, 11) is 3.12. The summed E-state index contributed by atoms with van der Waals surface area (Å²) in [4.78, 5) is 78.6. The lowest BCUT2D eigenvalue weighted by atomic mass is 10.0. The molecule has 44 heavy (non-hydrogen) atoms. The number of hydrogen-bond acceptors (Lipinski definition) is 11. The number of likely N-dealkylation sites (N-methyl/N-ethyl adjacent to an activating group) is 1. The van der Waals surface area contributed by atoms with Gasteiger partial charge in [-0.3, -0.25) is 25.2 Å². The number of hydroxylamine groups is 2. The second-order valence-corrected chi connectivity index (χ2v) is 13.2. The summed E-state index contributed by atoms with van der Waals surface area (Å²) < 4.78 is 10.5. The van der Waals surface area contributed by atoms with Crippen LogP contribution in [0, 0.1) is 5.41 Å². The minimum atomic E-state index is -1.04. The van der Waals surface area contributed by atoms with E-state index in [0.29, 0.717) is 4.88 Å². The molecule has 0 radical (unpaired) electrons. The first kappa shape index (κ1) is 34.2. The van der Waals surface area contributed by atoms with Crippen LogP contribution in [0.4, 0.5) is 14.4 Å². The number of amides is 6. The van der Waals surface area contributed by atoms with Crippen LogP contribution in [0.3, 0.4) is 0 Å². The maximum absolute atomic E-state index is 13.2. The predicted octanol–water partition coefficient (Wildman–Crippen LogP) is 2.61. The normalized spacial score (nSPS) is 17.4. The number of fused-ring (bicyclic) bond motifs is 4. The van der Waals surface area contributed by atoms with E-state index < -0.39 is 53.4 Å². The van der Waals surface area contributed by atoms with Gasteiger partial charge in [-0.05, 0) is 41.5 Å². The molecule has 0 saturated carbocycles. The fraction of sp³-hybridized carbons (Fsp3) is 0.593. The first-order valence-electron chi connectivity index (χ1n) is 13.8. The second-order valence-electron chi connectivity index (χ2n) is 12.1. The number of nitrogens with zero attached hydrogens (tertiary/aromatic N) is 5. The number of guanidine groups is 1. The quantitative estimate of drug-likeness (QED) is 0.219. The lowest BCUT2D eigenvalue weighted by Gasteiger charge is -2.30. The van der Waals surface area contributed by atoms with Crippen molar-refractivity contribution in [2.75, 3.05) is 40.3 Å². The number of rotatable bonds is 8. The van der Waals surface area contributed by atoms with Crippen LogP contribution < -0.4 is 10.6 Å². The Morgan fingerprint density at radius 2 is 1.77 bits per heavy atom. The number of carbonyl (C=O) groups excluding carboxylic acids is 5. The van der Waals surface area contributed by atoms with Crippen molar-refractivity contribution >= 4 is 47.3 Å². The number of nitrogens with one attached hydrogen (secondary N) is 3. The van der Waals surface area contributed by atoms with Crippen molar-refractivity contribution in [2.45, 2.75) is 64.8 Å². The number of aromatic nitrogens is 1. The van der Waals surface area contributed by atoms with Gasteiger partial charge in [-0.15, -0.1) is 17.9 Å². The topological polar surface area (TPSA) is 187 Å². The summed E-state index contributed by atoms with van der Waals surface area (Å²) in [5.41, 5.74) is -1.45. The van der Waals surface area contributed by atoms with Gasteiger partial charge in [0.2, 0.25) is 5.96 Å². The number of urea groups is 1. The Bertz CT molecular complexity index is 1330. The fourth-order valence-electron chi connectivity index (χ4n) is 4.24. The predicted molar refractivity (Wildman–Crippen MR) is 159 cm³/mol. The molecule has 2 aliphatic rings. The average molecular weight is 637 g/mol. The van der Waals surface area contributed by atoms with Gasteiger partial charge in [0, 0.05) is 27.2 Å². The molecular weight excluding hydrogens is 596 g/mol. The SMILES string of the molecule is C=CCON1C(=O)N2C[C@H]1c1sc(C(=O)NCCN(C(=N)NC(=O)OC(C)(C)C)C(=O)OC(C)(C)C)nc1[C@@H]2C(=O)N(C)C. The van der Waals surface area contributed by atoms with Crippen LogP contribution in [0.15, 0.2) is 12.7 Å². The van der Waals surface area contributed by atoms with Gasteiger partial charge >= 0.3 is 18.2 Å². The van der Waals surface area contributed by atoms with E-state index in [1.54, 1.807) is 55.6 Å². The van der Waals surface area contributed by atoms with Gasteiger partial charge < -0.3 is 24.6 Å². The minimum Gasteiger partial charge on any atom is -0.444 e. The molecule has 1 fully saturated rings. The molecule has 3 N–H and O–H groups in total. The number of thiazole rings is 1.